The molecule has 0 bridgehead atoms. The molecular weight excluding hydrogens is 1350 g/mol. The largest absolute Gasteiger partial charge is 0.461 e. The molecule has 0 radical (unpaired) electrons. The molecule has 0 aliphatic carbocycles. The van der Waals surface area contributed by atoms with Crippen molar-refractivity contribution in [2.24, 2.45) is 27.1 Å². The summed E-state index contributed by atoms with van der Waals surface area (Å²) in [4.78, 5) is 53.4. The standard InChI is InChI=1S/C56H74O16.C5H6F6.C5H12.C3H8.C2H6O2S.C2H6O.2CH4/c1-9-25-61-34-54(35-62-26-10-2,36-63-27-11-3)43-70-51(58)47-19-17-46(18-20-47)50(57)33-69-42-56(40-67-31-15-7,41-68-32-16-8)45-72-53(60)49-23-21-48(22-24-49)52(59)71-44-55(37-64-28-12-4,38-65-29-13-5)39-66-30-14-6;1-3(2,4(6,7)8)5(9,10)11;1-5(2,3)4;1-3-2;1-5(2,3)4;1-3-2;;/h9-24H,1-8,25-45H2;1-2H3;1-4H3;3H2,1-2H3;1-2H3;1-2H3;2*1H4. The van der Waals surface area contributed by atoms with Gasteiger partial charge in [0, 0.05) is 32.3 Å². The van der Waals surface area contributed by atoms with E-state index in [4.69, 9.17) is 56.8 Å². The van der Waals surface area contributed by atoms with Crippen molar-refractivity contribution in [2.45, 2.75) is 89.0 Å². The van der Waals surface area contributed by atoms with E-state index in [2.05, 4.69) is 98.9 Å². The first-order valence-corrected chi connectivity index (χ1v) is 33.6. The summed E-state index contributed by atoms with van der Waals surface area (Å²) in [6.07, 6.45) is 5.87. The Balaban J connectivity index is -0.000000654. The Bertz CT molecular complexity index is 2590. The molecule has 0 spiro atoms. The Hall–Kier alpha value is -6.43. The fourth-order valence-corrected chi connectivity index (χ4v) is 6.66. The van der Waals surface area contributed by atoms with Crippen molar-refractivity contribution in [3.8, 4) is 0 Å². The summed E-state index contributed by atoms with van der Waals surface area (Å²) in [5.41, 5.74) is -5.10. The van der Waals surface area contributed by atoms with E-state index in [0.29, 0.717) is 5.41 Å². The molecular formula is C75H120F6O19S. The monoisotopic (exact) mass is 1470 g/mol. The summed E-state index contributed by atoms with van der Waals surface area (Å²) in [6, 6.07) is 11.8. The van der Waals surface area contributed by atoms with E-state index in [0.717, 1.165) is 12.5 Å². The lowest BCUT2D eigenvalue weighted by Gasteiger charge is -2.32. The molecule has 0 aliphatic heterocycles. The van der Waals surface area contributed by atoms with Crippen LogP contribution in [0.4, 0.5) is 26.3 Å². The van der Waals surface area contributed by atoms with Crippen LogP contribution in [0.25, 0.3) is 0 Å². The SMILES string of the molecule is C.C.C=CCOCC(COCC=C)(COCC=C)COC(=O)c1ccc(C(=O)COCC(COCC=C)(COCC=C)COC(=O)c2ccc(C(=O)OCC(COCC=C)(COCC=C)COCC=C)cc2)cc1.CC(C)(C(F)(F)F)C(F)(F)F.CC(C)(C)C.CCC.COC.CS(C)(=O)=O. The maximum absolute atomic E-state index is 13.5. The van der Waals surface area contributed by atoms with E-state index >= 15 is 0 Å². The number of esters is 3. The maximum atomic E-state index is 13.5. The number of sulfone groups is 1. The summed E-state index contributed by atoms with van der Waals surface area (Å²) in [5, 5.41) is 0. The second kappa shape index (κ2) is 59.0. The van der Waals surface area contributed by atoms with Crippen LogP contribution in [0, 0.1) is 27.1 Å². The van der Waals surface area contributed by atoms with Gasteiger partial charge in [-0.05, 0) is 55.7 Å². The van der Waals surface area contributed by atoms with Gasteiger partial charge in [0.2, 0.25) is 0 Å². The number of hydrogen-bond acceptors (Lipinski definition) is 19. The first kappa shape index (κ1) is 106. The smallest absolute Gasteiger partial charge is 0.402 e. The van der Waals surface area contributed by atoms with Crippen molar-refractivity contribution in [3.05, 3.63) is 172 Å². The number of ketones is 1. The summed E-state index contributed by atoms with van der Waals surface area (Å²) >= 11 is 0. The van der Waals surface area contributed by atoms with Crippen LogP contribution in [0.2, 0.25) is 0 Å². The predicted molar refractivity (Wildman–Crippen MR) is 388 cm³/mol. The van der Waals surface area contributed by atoms with E-state index in [1.165, 1.54) is 55.0 Å². The van der Waals surface area contributed by atoms with Crippen LogP contribution in [-0.2, 0) is 71.4 Å². The van der Waals surface area contributed by atoms with Gasteiger partial charge >= 0.3 is 30.3 Å². The van der Waals surface area contributed by atoms with Crippen molar-refractivity contribution in [1.82, 2.24) is 0 Å². The molecule has 0 heterocycles. The molecule has 0 N–H and O–H groups in total. The molecule has 0 amide bonds. The Morgan fingerprint density at radius 3 is 0.683 bits per heavy atom. The van der Waals surface area contributed by atoms with Gasteiger partial charge in [0.15, 0.2) is 11.2 Å². The second-order valence-electron chi connectivity index (χ2n) is 24.6. The highest BCUT2D eigenvalue weighted by atomic mass is 32.2. The van der Waals surface area contributed by atoms with Gasteiger partial charge < -0.3 is 61.6 Å². The molecule has 0 saturated carbocycles. The first-order chi connectivity index (χ1) is 46.3. The lowest BCUT2D eigenvalue weighted by atomic mass is 9.92. The molecule has 0 aromatic heterocycles. The van der Waals surface area contributed by atoms with E-state index < -0.39 is 61.8 Å². The first-order valence-electron chi connectivity index (χ1n) is 31.3. The number of ether oxygens (including phenoxy) is 13. The molecule has 0 saturated heterocycles. The van der Waals surface area contributed by atoms with E-state index in [1.807, 2.05) is 0 Å². The summed E-state index contributed by atoms with van der Waals surface area (Å²) in [6.45, 7) is 44.7. The topological polar surface area (TPSA) is 222 Å². The van der Waals surface area contributed by atoms with Crippen molar-refractivity contribution >= 4 is 33.5 Å². The lowest BCUT2D eigenvalue weighted by molar-refractivity contribution is -0.327. The molecule has 101 heavy (non-hydrogen) atoms. The van der Waals surface area contributed by atoms with Gasteiger partial charge in [-0.15, -0.1) is 52.6 Å². The van der Waals surface area contributed by atoms with Crippen LogP contribution in [-0.4, -0.2) is 210 Å². The van der Waals surface area contributed by atoms with Crippen LogP contribution < -0.4 is 0 Å². The van der Waals surface area contributed by atoms with Gasteiger partial charge in [-0.2, -0.15) is 26.3 Å². The Kier molecular flexibility index (Phi) is 61.7. The minimum Gasteiger partial charge on any atom is -0.461 e. The number of rotatable bonds is 46. The summed E-state index contributed by atoms with van der Waals surface area (Å²) in [5.74, 6) is -2.36. The molecule has 26 heteroatoms. The maximum Gasteiger partial charge on any atom is 0.402 e. The number of Topliss-reactive ketones (excluding diaryl/α,β-unsaturated/α-hetero) is 1. The van der Waals surface area contributed by atoms with Crippen LogP contribution in [0.3, 0.4) is 0 Å². The number of halogens is 6. The van der Waals surface area contributed by atoms with Gasteiger partial charge in [0.25, 0.3) is 0 Å². The highest BCUT2D eigenvalue weighted by Gasteiger charge is 2.64. The van der Waals surface area contributed by atoms with Gasteiger partial charge in [0.05, 0.1) is 145 Å². The number of methoxy groups -OCH3 is 1. The van der Waals surface area contributed by atoms with Gasteiger partial charge in [-0.1, -0.05) is 124 Å². The van der Waals surface area contributed by atoms with E-state index in [1.54, 1.807) is 62.8 Å². The van der Waals surface area contributed by atoms with Crippen molar-refractivity contribution < 1.29 is 116 Å². The zero-order valence-corrected chi connectivity index (χ0v) is 61.2. The van der Waals surface area contributed by atoms with E-state index in [-0.39, 0.29) is 195 Å². The molecule has 2 aromatic carbocycles. The Morgan fingerprint density at radius 2 is 0.535 bits per heavy atom. The van der Waals surface area contributed by atoms with Crippen LogP contribution in [0.5, 0.6) is 0 Å². The molecule has 19 nitrogen and oxygen atoms in total. The molecule has 0 fully saturated rings. The number of hydrogen-bond donors (Lipinski definition) is 0. The number of carbonyl (C=O) groups is 4. The minimum absolute atomic E-state index is 0. The summed E-state index contributed by atoms with van der Waals surface area (Å²) in [7, 11) is 0.583. The quantitative estimate of drug-likeness (QED) is 0.0150. The van der Waals surface area contributed by atoms with Crippen LogP contribution in [0.15, 0.2) is 150 Å². The zero-order chi connectivity index (χ0) is 76.7. The fourth-order valence-electron chi connectivity index (χ4n) is 6.66. The normalized spacial score (nSPS) is 11.3. The third-order valence-corrected chi connectivity index (χ3v) is 11.5. The third-order valence-electron chi connectivity index (χ3n) is 11.5. The van der Waals surface area contributed by atoms with Crippen molar-refractivity contribution in [2.75, 3.05) is 165 Å². The third kappa shape index (κ3) is 54.0. The molecule has 582 valence electrons. The Morgan fingerprint density at radius 1 is 0.376 bits per heavy atom. The Labute approximate surface area is 600 Å². The molecule has 0 unspecified atom stereocenters. The van der Waals surface area contributed by atoms with E-state index in [9.17, 15) is 53.9 Å². The number of alkyl halides is 6. The molecule has 2 aromatic rings. The zero-order valence-electron chi connectivity index (χ0n) is 60.4. The molecule has 2 rings (SSSR count). The van der Waals surface area contributed by atoms with Crippen LogP contribution >= 0.6 is 0 Å². The molecule has 0 aliphatic rings. The fraction of sp³-hybridized carbons (Fsp3) is 0.573. The number of carbonyl (C=O) groups excluding carboxylic acids is 4. The molecule has 0 atom stereocenters. The highest BCUT2D eigenvalue weighted by Crippen LogP contribution is 2.49. The van der Waals surface area contributed by atoms with Crippen molar-refractivity contribution in [3.63, 3.8) is 0 Å². The van der Waals surface area contributed by atoms with Gasteiger partial charge in [0.1, 0.15) is 36.3 Å². The summed E-state index contributed by atoms with van der Waals surface area (Å²) < 4.78 is 163. The van der Waals surface area contributed by atoms with Crippen molar-refractivity contribution in [1.29, 1.82) is 0 Å². The van der Waals surface area contributed by atoms with Crippen LogP contribution in [0.1, 0.15) is 118 Å². The predicted octanol–water partition coefficient (Wildman–Crippen LogP) is 15.4. The lowest BCUT2D eigenvalue weighted by Crippen LogP contribution is -2.44. The second-order valence-corrected chi connectivity index (χ2v) is 26.9. The number of benzene rings is 2. The van der Waals surface area contributed by atoms with Gasteiger partial charge in [-0.25, -0.2) is 22.8 Å². The minimum atomic E-state index is -5.24. The average molecular weight is 1470 g/mol. The highest BCUT2D eigenvalue weighted by molar-refractivity contribution is 7.89. The average Bonchev–Trinajstić information content (AvgIpc) is 0.797. The van der Waals surface area contributed by atoms with Gasteiger partial charge in [-0.3, -0.25) is 4.79 Å².